The number of nitrogens with two attached hydrogens (primary N) is 1. The third-order valence-corrected chi connectivity index (χ3v) is 5.78. The Bertz CT molecular complexity index is 942. The lowest BCUT2D eigenvalue weighted by Crippen LogP contribution is -2.32. The van der Waals surface area contributed by atoms with Crippen molar-refractivity contribution in [2.75, 3.05) is 13.1 Å². The molecule has 2 heterocycles. The van der Waals surface area contributed by atoms with Crippen LogP contribution in [0.5, 0.6) is 5.75 Å². The number of hydrogen-bond acceptors (Lipinski definition) is 4. The summed E-state index contributed by atoms with van der Waals surface area (Å²) in [5.41, 5.74) is 6.55. The molecule has 1 aliphatic rings. The topological polar surface area (TPSA) is 55.6 Å². The Kier molecular flexibility index (Phi) is 4.61. The van der Waals surface area contributed by atoms with Gasteiger partial charge in [-0.3, -0.25) is 4.79 Å². The molecule has 0 spiro atoms. The van der Waals surface area contributed by atoms with Gasteiger partial charge in [-0.1, -0.05) is 24.3 Å². The van der Waals surface area contributed by atoms with Gasteiger partial charge in [0.25, 0.3) is 5.91 Å². The first kappa shape index (κ1) is 17.0. The van der Waals surface area contributed by atoms with Crippen LogP contribution in [0.2, 0.25) is 0 Å². The van der Waals surface area contributed by atoms with Gasteiger partial charge in [-0.25, -0.2) is 4.39 Å². The predicted octanol–water partition coefficient (Wildman–Crippen LogP) is 3.79. The molecule has 0 unspecified atom stereocenters. The first-order chi connectivity index (χ1) is 12.6. The lowest BCUT2D eigenvalue weighted by atomic mass is 10.1. The van der Waals surface area contributed by atoms with Crippen molar-refractivity contribution in [3.8, 4) is 5.75 Å². The maximum Gasteiger partial charge on any atom is 0.264 e. The lowest BCUT2D eigenvalue weighted by molar-refractivity contribution is 0.0793. The normalized spacial score (nSPS) is 17.0. The summed E-state index contributed by atoms with van der Waals surface area (Å²) in [6, 6.07) is 14.3. The van der Waals surface area contributed by atoms with Crippen LogP contribution in [0.4, 0.5) is 4.39 Å². The van der Waals surface area contributed by atoms with Crippen LogP contribution in [-0.4, -0.2) is 29.9 Å². The molecular weight excluding hydrogens is 351 g/mol. The summed E-state index contributed by atoms with van der Waals surface area (Å²) >= 11 is 1.32. The SMILES string of the molecule is N[C@@H]1CCN(C(=O)c2sc3cccc(F)c3c2COc2ccccc2)C1. The highest BCUT2D eigenvalue weighted by Crippen LogP contribution is 2.35. The average molecular weight is 370 g/mol. The Morgan fingerprint density at radius 2 is 2.04 bits per heavy atom. The van der Waals surface area contributed by atoms with Crippen molar-refractivity contribution in [1.29, 1.82) is 0 Å². The molecule has 0 aliphatic carbocycles. The fourth-order valence-electron chi connectivity index (χ4n) is 3.27. The Hall–Kier alpha value is -2.44. The van der Waals surface area contributed by atoms with Crippen molar-refractivity contribution >= 4 is 27.3 Å². The molecule has 1 aromatic heterocycles. The number of ether oxygens (including phenoxy) is 1. The molecule has 1 saturated heterocycles. The van der Waals surface area contributed by atoms with Crippen molar-refractivity contribution in [1.82, 2.24) is 4.90 Å². The number of thiophene rings is 1. The Morgan fingerprint density at radius 3 is 2.77 bits per heavy atom. The monoisotopic (exact) mass is 370 g/mol. The van der Waals surface area contributed by atoms with E-state index in [1.165, 1.54) is 17.4 Å². The lowest BCUT2D eigenvalue weighted by Gasteiger charge is -2.16. The second kappa shape index (κ2) is 7.05. The minimum absolute atomic E-state index is 0.00841. The molecule has 2 aromatic carbocycles. The van der Waals surface area contributed by atoms with Gasteiger partial charge in [-0.2, -0.15) is 0 Å². The standard InChI is InChI=1S/C20H19FN2O2S/c21-16-7-4-8-17-18(16)15(12-25-14-5-2-1-3-6-14)19(26-17)20(24)23-10-9-13(22)11-23/h1-8,13H,9-12,22H2/t13-/m1/s1. The predicted molar refractivity (Wildman–Crippen MR) is 101 cm³/mol. The number of amides is 1. The van der Waals surface area contributed by atoms with Gasteiger partial charge in [0.05, 0.1) is 4.88 Å². The molecule has 6 heteroatoms. The summed E-state index contributed by atoms with van der Waals surface area (Å²) in [6.45, 7) is 1.32. The van der Waals surface area contributed by atoms with Crippen LogP contribution in [0, 0.1) is 5.82 Å². The molecule has 1 fully saturated rings. The molecular formula is C20H19FN2O2S. The summed E-state index contributed by atoms with van der Waals surface area (Å²) in [5, 5.41) is 0.472. The van der Waals surface area contributed by atoms with E-state index in [1.807, 2.05) is 36.4 Å². The molecule has 1 amide bonds. The summed E-state index contributed by atoms with van der Waals surface area (Å²) < 4.78 is 21.1. The summed E-state index contributed by atoms with van der Waals surface area (Å²) in [7, 11) is 0. The molecule has 0 bridgehead atoms. The van der Waals surface area contributed by atoms with Crippen LogP contribution in [0.15, 0.2) is 48.5 Å². The highest BCUT2D eigenvalue weighted by Gasteiger charge is 2.29. The average Bonchev–Trinajstić information content (AvgIpc) is 3.25. The van der Waals surface area contributed by atoms with E-state index in [1.54, 1.807) is 11.0 Å². The second-order valence-electron chi connectivity index (χ2n) is 6.42. The van der Waals surface area contributed by atoms with E-state index in [9.17, 15) is 9.18 Å². The van der Waals surface area contributed by atoms with Crippen molar-refractivity contribution in [3.05, 3.63) is 64.8 Å². The second-order valence-corrected chi connectivity index (χ2v) is 7.48. The van der Waals surface area contributed by atoms with E-state index < -0.39 is 0 Å². The summed E-state index contributed by atoms with van der Waals surface area (Å²) in [6.07, 6.45) is 0.793. The number of hydrogen-bond donors (Lipinski definition) is 1. The Balaban J connectivity index is 1.72. The molecule has 0 saturated carbocycles. The minimum atomic E-state index is -0.331. The number of rotatable bonds is 4. The maximum atomic E-state index is 14.5. The maximum absolute atomic E-state index is 14.5. The number of para-hydroxylation sites is 1. The zero-order valence-electron chi connectivity index (χ0n) is 14.2. The zero-order valence-corrected chi connectivity index (χ0v) is 15.0. The largest absolute Gasteiger partial charge is 0.489 e. The minimum Gasteiger partial charge on any atom is -0.489 e. The van der Waals surface area contributed by atoms with Gasteiger partial charge >= 0.3 is 0 Å². The van der Waals surface area contributed by atoms with Gasteiger partial charge in [0.1, 0.15) is 18.2 Å². The Morgan fingerprint density at radius 1 is 1.23 bits per heavy atom. The Labute approximate surface area is 155 Å². The molecule has 1 atom stereocenters. The fraction of sp³-hybridized carbons (Fsp3) is 0.250. The number of nitrogens with zero attached hydrogens (tertiary/aromatic N) is 1. The van der Waals surface area contributed by atoms with E-state index in [2.05, 4.69) is 0 Å². The summed E-state index contributed by atoms with van der Waals surface area (Å²) in [4.78, 5) is 15.3. The number of fused-ring (bicyclic) bond motifs is 1. The van der Waals surface area contributed by atoms with Crippen molar-refractivity contribution in [3.63, 3.8) is 0 Å². The quantitative estimate of drug-likeness (QED) is 0.760. The number of halogens is 1. The van der Waals surface area contributed by atoms with Crippen molar-refractivity contribution in [2.24, 2.45) is 5.73 Å². The van der Waals surface area contributed by atoms with Gasteiger partial charge in [0, 0.05) is 34.8 Å². The van der Waals surface area contributed by atoms with Crippen molar-refractivity contribution in [2.45, 2.75) is 19.1 Å². The first-order valence-electron chi connectivity index (χ1n) is 8.56. The number of benzene rings is 2. The van der Waals surface area contributed by atoms with Crippen LogP contribution >= 0.6 is 11.3 Å². The molecule has 3 aromatic rings. The van der Waals surface area contributed by atoms with Gasteiger partial charge in [-0.15, -0.1) is 11.3 Å². The van der Waals surface area contributed by atoms with Gasteiger partial charge in [-0.05, 0) is 30.7 Å². The summed E-state index contributed by atoms with van der Waals surface area (Å²) in [5.74, 6) is 0.262. The van der Waals surface area contributed by atoms with Gasteiger partial charge < -0.3 is 15.4 Å². The fourth-order valence-corrected chi connectivity index (χ4v) is 4.46. The highest BCUT2D eigenvalue weighted by atomic mass is 32.1. The van der Waals surface area contributed by atoms with E-state index in [-0.39, 0.29) is 24.4 Å². The van der Waals surface area contributed by atoms with E-state index in [0.717, 1.165) is 11.1 Å². The number of carbonyl (C=O) groups is 1. The van der Waals surface area contributed by atoms with Crippen LogP contribution < -0.4 is 10.5 Å². The van der Waals surface area contributed by atoms with Gasteiger partial charge in [0.15, 0.2) is 0 Å². The number of likely N-dealkylation sites (tertiary alicyclic amines) is 1. The third kappa shape index (κ3) is 3.18. The molecule has 2 N–H and O–H groups in total. The van der Waals surface area contributed by atoms with Crippen LogP contribution in [0.3, 0.4) is 0 Å². The number of carbonyl (C=O) groups excluding carboxylic acids is 1. The highest BCUT2D eigenvalue weighted by molar-refractivity contribution is 7.21. The smallest absolute Gasteiger partial charge is 0.264 e. The molecule has 1 aliphatic heterocycles. The van der Waals surface area contributed by atoms with E-state index >= 15 is 0 Å². The molecule has 4 rings (SSSR count). The van der Waals surface area contributed by atoms with Crippen molar-refractivity contribution < 1.29 is 13.9 Å². The van der Waals surface area contributed by atoms with Crippen LogP contribution in [0.1, 0.15) is 21.7 Å². The first-order valence-corrected chi connectivity index (χ1v) is 9.37. The molecule has 0 radical (unpaired) electrons. The molecule has 134 valence electrons. The van der Waals surface area contributed by atoms with Crippen LogP contribution in [0.25, 0.3) is 10.1 Å². The molecule has 26 heavy (non-hydrogen) atoms. The van der Waals surface area contributed by atoms with E-state index in [0.29, 0.717) is 34.7 Å². The molecule has 4 nitrogen and oxygen atoms in total. The van der Waals surface area contributed by atoms with Crippen LogP contribution in [-0.2, 0) is 6.61 Å². The van der Waals surface area contributed by atoms with Gasteiger partial charge in [0.2, 0.25) is 0 Å². The van der Waals surface area contributed by atoms with E-state index in [4.69, 9.17) is 10.5 Å². The third-order valence-electron chi connectivity index (χ3n) is 4.60. The zero-order chi connectivity index (χ0) is 18.1.